The van der Waals surface area contributed by atoms with Crippen molar-refractivity contribution in [2.75, 3.05) is 5.32 Å². The van der Waals surface area contributed by atoms with Crippen LogP contribution in [0.5, 0.6) is 0 Å². The van der Waals surface area contributed by atoms with Crippen LogP contribution in [-0.4, -0.2) is 14.6 Å². The van der Waals surface area contributed by atoms with Crippen LogP contribution in [0.25, 0.3) is 4.96 Å². The number of nitrogens with one attached hydrogen (secondary N) is 1. The SMILES string of the molecule is CCc1nn2c(=O)cc(CNc3ccc(C)cc3Cl)nc2s1. The second kappa shape index (κ2) is 6.06. The van der Waals surface area contributed by atoms with Crippen molar-refractivity contribution in [2.45, 2.75) is 26.8 Å². The molecule has 1 N–H and O–H groups in total. The highest BCUT2D eigenvalue weighted by molar-refractivity contribution is 7.16. The largest absolute Gasteiger partial charge is 0.378 e. The van der Waals surface area contributed by atoms with Crippen LogP contribution in [0.4, 0.5) is 5.69 Å². The van der Waals surface area contributed by atoms with E-state index in [9.17, 15) is 4.79 Å². The first-order valence-corrected chi connectivity index (χ1v) is 8.15. The van der Waals surface area contributed by atoms with Gasteiger partial charge in [-0.2, -0.15) is 9.61 Å². The number of anilines is 1. The molecule has 3 rings (SSSR count). The molecule has 0 aliphatic rings. The van der Waals surface area contributed by atoms with Gasteiger partial charge in [-0.15, -0.1) is 0 Å². The van der Waals surface area contributed by atoms with Gasteiger partial charge in [0.05, 0.1) is 22.9 Å². The molecule has 7 heteroatoms. The lowest BCUT2D eigenvalue weighted by Crippen LogP contribution is -2.16. The fourth-order valence-electron chi connectivity index (χ4n) is 2.08. The Labute approximate surface area is 136 Å². The molecule has 0 saturated heterocycles. The Bertz CT molecular complexity index is 887. The van der Waals surface area contributed by atoms with Gasteiger partial charge in [0.1, 0.15) is 5.01 Å². The van der Waals surface area contributed by atoms with Gasteiger partial charge in [0, 0.05) is 6.07 Å². The Morgan fingerprint density at radius 3 is 2.91 bits per heavy atom. The van der Waals surface area contributed by atoms with E-state index in [1.807, 2.05) is 32.0 Å². The number of aromatic nitrogens is 3. The van der Waals surface area contributed by atoms with Crippen LogP contribution in [0.15, 0.2) is 29.1 Å². The van der Waals surface area contributed by atoms with E-state index < -0.39 is 0 Å². The number of nitrogens with zero attached hydrogens (tertiary/aromatic N) is 3. The van der Waals surface area contributed by atoms with E-state index in [1.54, 1.807) is 0 Å². The summed E-state index contributed by atoms with van der Waals surface area (Å²) in [7, 11) is 0. The standard InChI is InChI=1S/C15H15ClN4OS/c1-3-13-19-20-14(21)7-10(18-15(20)22-13)8-17-12-5-4-9(2)6-11(12)16/h4-7,17H,3,8H2,1-2H3. The second-order valence-corrected chi connectivity index (χ2v) is 6.41. The first-order valence-electron chi connectivity index (χ1n) is 6.95. The summed E-state index contributed by atoms with van der Waals surface area (Å²) < 4.78 is 1.35. The van der Waals surface area contributed by atoms with Crippen molar-refractivity contribution in [1.82, 2.24) is 14.6 Å². The maximum absolute atomic E-state index is 12.1. The van der Waals surface area contributed by atoms with Crippen molar-refractivity contribution in [1.29, 1.82) is 0 Å². The molecule has 1 aromatic carbocycles. The third-order valence-electron chi connectivity index (χ3n) is 3.23. The molecule has 0 spiro atoms. The van der Waals surface area contributed by atoms with Crippen molar-refractivity contribution in [2.24, 2.45) is 0 Å². The number of hydrogen-bond donors (Lipinski definition) is 1. The van der Waals surface area contributed by atoms with E-state index in [1.165, 1.54) is 21.9 Å². The Hall–Kier alpha value is -1.92. The number of hydrogen-bond acceptors (Lipinski definition) is 5. The topological polar surface area (TPSA) is 59.3 Å². The lowest BCUT2D eigenvalue weighted by Gasteiger charge is -2.08. The number of benzene rings is 1. The number of halogens is 1. The van der Waals surface area contributed by atoms with Gasteiger partial charge in [0.2, 0.25) is 4.96 Å². The average Bonchev–Trinajstić information content (AvgIpc) is 2.90. The van der Waals surface area contributed by atoms with Crippen LogP contribution in [0.3, 0.4) is 0 Å². The maximum Gasteiger partial charge on any atom is 0.275 e. The zero-order chi connectivity index (χ0) is 15.7. The van der Waals surface area contributed by atoms with Gasteiger partial charge in [-0.3, -0.25) is 4.79 Å². The molecule has 5 nitrogen and oxygen atoms in total. The predicted octanol–water partition coefficient (Wildman–Crippen LogP) is 3.29. The molecule has 2 heterocycles. The highest BCUT2D eigenvalue weighted by atomic mass is 35.5. The summed E-state index contributed by atoms with van der Waals surface area (Å²) in [6.45, 7) is 4.43. The third kappa shape index (κ3) is 2.98. The molecule has 0 atom stereocenters. The van der Waals surface area contributed by atoms with E-state index >= 15 is 0 Å². The van der Waals surface area contributed by atoms with Crippen LogP contribution in [0.2, 0.25) is 5.02 Å². The van der Waals surface area contributed by atoms with Crippen molar-refractivity contribution >= 4 is 33.6 Å². The molecule has 0 bridgehead atoms. The molecule has 0 saturated carbocycles. The Kier molecular flexibility index (Phi) is 4.13. The minimum atomic E-state index is -0.159. The van der Waals surface area contributed by atoms with Crippen LogP contribution in [0, 0.1) is 6.92 Å². The highest BCUT2D eigenvalue weighted by Gasteiger charge is 2.08. The summed E-state index contributed by atoms with van der Waals surface area (Å²) in [6, 6.07) is 7.30. The van der Waals surface area contributed by atoms with Crippen LogP contribution < -0.4 is 10.9 Å². The van der Waals surface area contributed by atoms with E-state index in [2.05, 4.69) is 15.4 Å². The zero-order valence-corrected chi connectivity index (χ0v) is 13.8. The maximum atomic E-state index is 12.1. The lowest BCUT2D eigenvalue weighted by molar-refractivity contribution is 0.846. The minimum absolute atomic E-state index is 0.159. The summed E-state index contributed by atoms with van der Waals surface area (Å²) in [5, 5.41) is 9.00. The first kappa shape index (κ1) is 15.0. The minimum Gasteiger partial charge on any atom is -0.378 e. The smallest absolute Gasteiger partial charge is 0.275 e. The molecule has 3 aromatic rings. The fourth-order valence-corrected chi connectivity index (χ4v) is 3.24. The van der Waals surface area contributed by atoms with E-state index in [0.717, 1.165) is 22.7 Å². The average molecular weight is 335 g/mol. The highest BCUT2D eigenvalue weighted by Crippen LogP contribution is 2.23. The van der Waals surface area contributed by atoms with Crippen molar-refractivity contribution in [3.05, 3.63) is 55.9 Å². The lowest BCUT2D eigenvalue weighted by atomic mass is 10.2. The molecular weight excluding hydrogens is 320 g/mol. The number of aryl methyl sites for hydroxylation is 2. The van der Waals surface area contributed by atoms with Crippen molar-refractivity contribution in [3.8, 4) is 0 Å². The Balaban J connectivity index is 1.86. The van der Waals surface area contributed by atoms with Crippen LogP contribution in [0.1, 0.15) is 23.2 Å². The molecule has 0 unspecified atom stereocenters. The van der Waals surface area contributed by atoms with E-state index in [4.69, 9.17) is 11.6 Å². The van der Waals surface area contributed by atoms with Gasteiger partial charge in [-0.05, 0) is 31.0 Å². The van der Waals surface area contributed by atoms with E-state index in [-0.39, 0.29) is 5.56 Å². The van der Waals surface area contributed by atoms with Crippen LogP contribution >= 0.6 is 22.9 Å². The molecular formula is C15H15ClN4OS. The van der Waals surface area contributed by atoms with Gasteiger partial charge in [0.25, 0.3) is 5.56 Å². The third-order valence-corrected chi connectivity index (χ3v) is 4.59. The molecule has 0 aliphatic carbocycles. The Morgan fingerprint density at radius 1 is 1.36 bits per heavy atom. The molecule has 0 radical (unpaired) electrons. The quantitative estimate of drug-likeness (QED) is 0.795. The van der Waals surface area contributed by atoms with Gasteiger partial charge in [0.15, 0.2) is 0 Å². The molecule has 0 fully saturated rings. The van der Waals surface area contributed by atoms with Crippen molar-refractivity contribution < 1.29 is 0 Å². The second-order valence-electron chi connectivity index (χ2n) is 4.97. The summed E-state index contributed by atoms with van der Waals surface area (Å²) in [6.07, 6.45) is 0.792. The van der Waals surface area contributed by atoms with Crippen molar-refractivity contribution in [3.63, 3.8) is 0 Å². The molecule has 0 amide bonds. The summed E-state index contributed by atoms with van der Waals surface area (Å²) in [5.41, 5.74) is 2.44. The monoisotopic (exact) mass is 334 g/mol. The van der Waals surface area contributed by atoms with Gasteiger partial charge in [-0.25, -0.2) is 4.98 Å². The molecule has 22 heavy (non-hydrogen) atoms. The van der Waals surface area contributed by atoms with Crippen LogP contribution in [-0.2, 0) is 13.0 Å². The first-order chi connectivity index (χ1) is 10.6. The molecule has 114 valence electrons. The van der Waals surface area contributed by atoms with E-state index in [0.29, 0.717) is 22.2 Å². The summed E-state index contributed by atoms with van der Waals surface area (Å²) >= 11 is 7.63. The van der Waals surface area contributed by atoms with Gasteiger partial charge < -0.3 is 5.32 Å². The number of rotatable bonds is 4. The van der Waals surface area contributed by atoms with Gasteiger partial charge >= 0.3 is 0 Å². The summed E-state index contributed by atoms with van der Waals surface area (Å²) in [5.74, 6) is 0. The predicted molar refractivity (Wildman–Crippen MR) is 90.0 cm³/mol. The Morgan fingerprint density at radius 2 is 2.18 bits per heavy atom. The molecule has 2 aromatic heterocycles. The number of fused-ring (bicyclic) bond motifs is 1. The molecule has 0 aliphatic heterocycles. The van der Waals surface area contributed by atoms with Gasteiger partial charge in [-0.1, -0.05) is 35.9 Å². The zero-order valence-electron chi connectivity index (χ0n) is 12.3. The normalized spacial score (nSPS) is 11.0. The fraction of sp³-hybridized carbons (Fsp3) is 0.267. The summed E-state index contributed by atoms with van der Waals surface area (Å²) in [4.78, 5) is 17.2.